The molecule has 2 aliphatic heterocycles. The minimum absolute atomic E-state index is 0.154. The Morgan fingerprint density at radius 3 is 2.56 bits per heavy atom. The molecule has 0 aromatic carbocycles. The SMILES string of the molecule is Cn1cc(Nc2ncc(F)c(N3C[C@H]4CC[C@H](C3)N4C(=O)C3CC3)n2)cn1. The van der Waals surface area contributed by atoms with E-state index in [2.05, 4.69) is 25.3 Å². The quantitative estimate of drug-likeness (QED) is 0.881. The molecule has 1 aliphatic carbocycles. The Labute approximate surface area is 156 Å². The topological polar surface area (TPSA) is 79.2 Å². The Morgan fingerprint density at radius 2 is 1.93 bits per heavy atom. The molecule has 0 unspecified atom stereocenters. The maximum Gasteiger partial charge on any atom is 0.229 e. The molecule has 0 spiro atoms. The zero-order valence-corrected chi connectivity index (χ0v) is 15.2. The molecule has 5 rings (SSSR count). The summed E-state index contributed by atoms with van der Waals surface area (Å²) in [5.41, 5.74) is 0.745. The van der Waals surface area contributed by atoms with Crippen LogP contribution in [0, 0.1) is 11.7 Å². The van der Waals surface area contributed by atoms with E-state index in [0.717, 1.165) is 31.4 Å². The van der Waals surface area contributed by atoms with Gasteiger partial charge in [0, 0.05) is 44.3 Å². The molecule has 1 saturated carbocycles. The first-order valence-electron chi connectivity index (χ1n) is 9.44. The lowest BCUT2D eigenvalue weighted by Gasteiger charge is -2.41. The second-order valence-corrected chi connectivity index (χ2v) is 7.70. The number of piperazine rings is 1. The third-order valence-corrected chi connectivity index (χ3v) is 5.65. The lowest BCUT2D eigenvalue weighted by atomic mass is 10.1. The summed E-state index contributed by atoms with van der Waals surface area (Å²) in [6.45, 7) is 1.24. The van der Waals surface area contributed by atoms with Crippen molar-refractivity contribution in [3.63, 3.8) is 0 Å². The molecule has 3 fully saturated rings. The predicted octanol–water partition coefficient (Wildman–Crippen LogP) is 1.68. The van der Waals surface area contributed by atoms with Crippen LogP contribution < -0.4 is 10.2 Å². The molecule has 1 N–H and O–H groups in total. The fourth-order valence-electron chi connectivity index (χ4n) is 4.23. The van der Waals surface area contributed by atoms with Gasteiger partial charge in [0.25, 0.3) is 0 Å². The normalized spacial score (nSPS) is 24.4. The van der Waals surface area contributed by atoms with Gasteiger partial charge in [0.2, 0.25) is 11.9 Å². The van der Waals surface area contributed by atoms with Crippen LogP contribution in [-0.2, 0) is 11.8 Å². The van der Waals surface area contributed by atoms with Gasteiger partial charge in [-0.3, -0.25) is 9.48 Å². The van der Waals surface area contributed by atoms with E-state index in [1.54, 1.807) is 17.1 Å². The van der Waals surface area contributed by atoms with E-state index in [4.69, 9.17) is 0 Å². The van der Waals surface area contributed by atoms with Gasteiger partial charge in [0.1, 0.15) is 0 Å². The molecule has 2 saturated heterocycles. The predicted molar refractivity (Wildman–Crippen MR) is 97.1 cm³/mol. The molecular weight excluding hydrogens is 349 g/mol. The van der Waals surface area contributed by atoms with Crippen LogP contribution in [0.3, 0.4) is 0 Å². The number of nitrogens with one attached hydrogen (secondary N) is 1. The van der Waals surface area contributed by atoms with Crippen molar-refractivity contribution < 1.29 is 9.18 Å². The number of fused-ring (bicyclic) bond motifs is 2. The van der Waals surface area contributed by atoms with Crippen molar-refractivity contribution >= 4 is 23.4 Å². The summed E-state index contributed by atoms with van der Waals surface area (Å²) in [5, 5.41) is 7.15. The second-order valence-electron chi connectivity index (χ2n) is 7.70. The van der Waals surface area contributed by atoms with Crippen LogP contribution >= 0.6 is 0 Å². The number of anilines is 3. The first-order valence-corrected chi connectivity index (χ1v) is 9.44. The van der Waals surface area contributed by atoms with Crippen molar-refractivity contribution in [3.05, 3.63) is 24.4 Å². The number of hydrogen-bond acceptors (Lipinski definition) is 6. The molecule has 142 valence electrons. The number of hydrogen-bond donors (Lipinski definition) is 1. The molecule has 1 amide bonds. The second kappa shape index (κ2) is 6.17. The molecule has 2 atom stereocenters. The van der Waals surface area contributed by atoms with E-state index < -0.39 is 5.82 Å². The number of carbonyl (C=O) groups excluding carboxylic acids is 1. The minimum Gasteiger partial charge on any atom is -0.350 e. The van der Waals surface area contributed by atoms with Crippen LogP contribution in [0.1, 0.15) is 25.7 Å². The van der Waals surface area contributed by atoms with Crippen LogP contribution in [0.25, 0.3) is 0 Å². The van der Waals surface area contributed by atoms with Crippen molar-refractivity contribution in [1.82, 2.24) is 24.6 Å². The number of aromatic nitrogens is 4. The standard InChI is InChI=1S/C18H22FN7O/c1-24-8-12(6-21-24)22-18-20-7-15(19)16(23-18)25-9-13-4-5-14(10-25)26(13)17(27)11-2-3-11/h6-8,11,13-14H,2-5,9-10H2,1H3,(H,20,22,23)/t13-,14-/m1/s1. The average molecular weight is 371 g/mol. The van der Waals surface area contributed by atoms with Crippen LogP contribution in [0.2, 0.25) is 0 Å². The highest BCUT2D eigenvalue weighted by molar-refractivity contribution is 5.82. The Hall–Kier alpha value is -2.71. The fraction of sp³-hybridized carbons (Fsp3) is 0.556. The van der Waals surface area contributed by atoms with Crippen LogP contribution in [-0.4, -0.2) is 55.7 Å². The van der Waals surface area contributed by atoms with E-state index >= 15 is 0 Å². The minimum atomic E-state index is -0.437. The molecule has 3 aliphatic rings. The summed E-state index contributed by atoms with van der Waals surface area (Å²) >= 11 is 0. The Kier molecular flexibility index (Phi) is 3.76. The van der Waals surface area contributed by atoms with Gasteiger partial charge in [-0.05, 0) is 25.7 Å². The number of halogens is 1. The van der Waals surface area contributed by atoms with Crippen molar-refractivity contribution in [3.8, 4) is 0 Å². The third kappa shape index (κ3) is 3.00. The summed E-state index contributed by atoms with van der Waals surface area (Å²) < 4.78 is 16.1. The summed E-state index contributed by atoms with van der Waals surface area (Å²) in [6, 6.07) is 0.307. The Balaban J connectivity index is 1.36. The van der Waals surface area contributed by atoms with Gasteiger partial charge >= 0.3 is 0 Å². The molecule has 4 heterocycles. The van der Waals surface area contributed by atoms with E-state index in [1.165, 1.54) is 6.20 Å². The Morgan fingerprint density at radius 1 is 1.19 bits per heavy atom. The van der Waals surface area contributed by atoms with E-state index in [0.29, 0.717) is 30.8 Å². The van der Waals surface area contributed by atoms with Crippen molar-refractivity contribution in [2.24, 2.45) is 13.0 Å². The molecular formula is C18H22FN7O. The molecule has 27 heavy (non-hydrogen) atoms. The van der Waals surface area contributed by atoms with Crippen molar-refractivity contribution in [1.29, 1.82) is 0 Å². The number of nitrogens with zero attached hydrogens (tertiary/aromatic N) is 6. The van der Waals surface area contributed by atoms with Gasteiger partial charge in [0.05, 0.1) is 18.1 Å². The fourth-order valence-corrected chi connectivity index (χ4v) is 4.23. The maximum atomic E-state index is 14.5. The Bertz CT molecular complexity index is 866. The van der Waals surface area contributed by atoms with Crippen LogP contribution in [0.4, 0.5) is 21.8 Å². The number of amides is 1. The zero-order chi connectivity index (χ0) is 18.5. The summed E-state index contributed by atoms with van der Waals surface area (Å²) in [6.07, 6.45) is 8.65. The lowest BCUT2D eigenvalue weighted by Crippen LogP contribution is -2.56. The lowest BCUT2D eigenvalue weighted by molar-refractivity contribution is -0.135. The highest BCUT2D eigenvalue weighted by Gasteiger charge is 2.47. The van der Waals surface area contributed by atoms with Crippen molar-refractivity contribution in [2.75, 3.05) is 23.3 Å². The molecule has 2 aromatic heterocycles. The maximum absolute atomic E-state index is 14.5. The highest BCUT2D eigenvalue weighted by Crippen LogP contribution is 2.39. The van der Waals surface area contributed by atoms with Crippen LogP contribution in [0.15, 0.2) is 18.6 Å². The molecule has 0 radical (unpaired) electrons. The van der Waals surface area contributed by atoms with Gasteiger partial charge in [-0.25, -0.2) is 9.37 Å². The van der Waals surface area contributed by atoms with Gasteiger partial charge in [0.15, 0.2) is 11.6 Å². The monoisotopic (exact) mass is 371 g/mol. The molecule has 9 heteroatoms. The summed E-state index contributed by atoms with van der Waals surface area (Å²) in [5.74, 6) is 0.720. The molecule has 2 aromatic rings. The van der Waals surface area contributed by atoms with Gasteiger partial charge in [-0.1, -0.05) is 0 Å². The van der Waals surface area contributed by atoms with E-state index in [9.17, 15) is 9.18 Å². The molecule has 8 nitrogen and oxygen atoms in total. The average Bonchev–Trinajstić information content (AvgIpc) is 3.37. The van der Waals surface area contributed by atoms with Crippen LogP contribution in [0.5, 0.6) is 0 Å². The first-order chi connectivity index (χ1) is 13.1. The number of carbonyl (C=O) groups is 1. The largest absolute Gasteiger partial charge is 0.350 e. The summed E-state index contributed by atoms with van der Waals surface area (Å²) in [7, 11) is 1.82. The van der Waals surface area contributed by atoms with E-state index in [1.807, 2.05) is 11.9 Å². The highest BCUT2D eigenvalue weighted by atomic mass is 19.1. The van der Waals surface area contributed by atoms with Gasteiger partial charge in [-0.2, -0.15) is 10.1 Å². The smallest absolute Gasteiger partial charge is 0.229 e. The summed E-state index contributed by atoms with van der Waals surface area (Å²) in [4.78, 5) is 25.1. The number of aryl methyl sites for hydroxylation is 1. The third-order valence-electron chi connectivity index (χ3n) is 5.65. The van der Waals surface area contributed by atoms with E-state index in [-0.39, 0.29) is 18.0 Å². The van der Waals surface area contributed by atoms with Gasteiger partial charge in [-0.15, -0.1) is 0 Å². The van der Waals surface area contributed by atoms with Crippen molar-refractivity contribution in [2.45, 2.75) is 37.8 Å². The number of rotatable bonds is 4. The van der Waals surface area contributed by atoms with Gasteiger partial charge < -0.3 is 15.1 Å². The zero-order valence-electron chi connectivity index (χ0n) is 15.2. The first kappa shape index (κ1) is 16.5. The molecule has 2 bridgehead atoms.